The van der Waals surface area contributed by atoms with Crippen molar-refractivity contribution in [1.82, 2.24) is 0 Å². The number of nitrogens with one attached hydrogen (secondary N) is 1. The molecule has 0 saturated heterocycles. The molecule has 0 aliphatic rings. The molecule has 0 radical (unpaired) electrons. The summed E-state index contributed by atoms with van der Waals surface area (Å²) in [7, 11) is 6.05. The van der Waals surface area contributed by atoms with Crippen LogP contribution in [-0.4, -0.2) is 44.6 Å². The standard InChI is InChI=1S/C27H27NO7/c1-32-22-14-18(5-6-19-15-23(33-2)27(35-4)24(16-19)34-3)13-21(26(22)31)28-25(30)12-9-17-7-10-20(29)11-8-17/h5-16,29,31H,1-4H3,(H,28,30)/b6-5+,12-9+. The Morgan fingerprint density at radius 1 is 0.714 bits per heavy atom. The van der Waals surface area contributed by atoms with E-state index in [9.17, 15) is 15.0 Å². The van der Waals surface area contributed by atoms with Crippen LogP contribution < -0.4 is 24.3 Å². The average molecular weight is 478 g/mol. The molecule has 0 fully saturated rings. The highest BCUT2D eigenvalue weighted by molar-refractivity contribution is 6.03. The molecule has 3 aromatic rings. The number of methoxy groups -OCH3 is 4. The Hall–Kier alpha value is -4.59. The molecular formula is C27H27NO7. The van der Waals surface area contributed by atoms with Crippen LogP contribution in [0.3, 0.4) is 0 Å². The summed E-state index contributed by atoms with van der Waals surface area (Å²) in [4.78, 5) is 12.4. The van der Waals surface area contributed by atoms with Gasteiger partial charge in [0, 0.05) is 6.08 Å². The Morgan fingerprint density at radius 2 is 1.26 bits per heavy atom. The topological polar surface area (TPSA) is 106 Å². The minimum atomic E-state index is -0.443. The SMILES string of the molecule is COc1cc(/C=C/c2cc(OC)c(OC)c(OC)c2)cc(NC(=O)/C=C/c2ccc(O)cc2)c1O. The largest absolute Gasteiger partial charge is 0.508 e. The zero-order valence-corrected chi connectivity index (χ0v) is 19.9. The van der Waals surface area contributed by atoms with E-state index in [1.165, 1.54) is 32.4 Å². The van der Waals surface area contributed by atoms with Gasteiger partial charge in [-0.3, -0.25) is 4.79 Å². The van der Waals surface area contributed by atoms with Gasteiger partial charge in [-0.05, 0) is 59.2 Å². The quantitative estimate of drug-likeness (QED) is 0.227. The molecule has 0 spiro atoms. The molecule has 0 aliphatic carbocycles. The Bertz CT molecular complexity index is 1220. The number of hydrogen-bond donors (Lipinski definition) is 3. The molecule has 3 rings (SSSR count). The molecule has 0 bridgehead atoms. The second kappa shape index (κ2) is 11.5. The predicted octanol–water partition coefficient (Wildman–Crippen LogP) is 4.95. The highest BCUT2D eigenvalue weighted by atomic mass is 16.5. The Kier molecular flexibility index (Phi) is 8.24. The average Bonchev–Trinajstić information content (AvgIpc) is 2.87. The van der Waals surface area contributed by atoms with Crippen molar-refractivity contribution in [2.75, 3.05) is 33.8 Å². The van der Waals surface area contributed by atoms with Gasteiger partial charge in [-0.15, -0.1) is 0 Å². The summed E-state index contributed by atoms with van der Waals surface area (Å²) in [6.07, 6.45) is 6.55. The molecule has 0 atom stereocenters. The molecule has 0 saturated carbocycles. The lowest BCUT2D eigenvalue weighted by atomic mass is 10.1. The fraction of sp³-hybridized carbons (Fsp3) is 0.148. The molecule has 182 valence electrons. The van der Waals surface area contributed by atoms with Gasteiger partial charge < -0.3 is 34.5 Å². The molecule has 35 heavy (non-hydrogen) atoms. The minimum absolute atomic E-state index is 0.139. The van der Waals surface area contributed by atoms with Crippen LogP contribution in [-0.2, 0) is 4.79 Å². The molecule has 3 aromatic carbocycles. The van der Waals surface area contributed by atoms with Gasteiger partial charge in [0.05, 0.1) is 34.1 Å². The molecule has 8 heteroatoms. The number of ether oxygens (including phenoxy) is 4. The second-order valence-corrected chi connectivity index (χ2v) is 7.33. The smallest absolute Gasteiger partial charge is 0.248 e. The van der Waals surface area contributed by atoms with Gasteiger partial charge in [0.1, 0.15) is 5.75 Å². The first-order valence-electron chi connectivity index (χ1n) is 10.6. The van der Waals surface area contributed by atoms with Crippen molar-refractivity contribution in [3.05, 3.63) is 71.3 Å². The predicted molar refractivity (Wildman–Crippen MR) is 135 cm³/mol. The third kappa shape index (κ3) is 6.26. The van der Waals surface area contributed by atoms with Crippen molar-refractivity contribution in [2.24, 2.45) is 0 Å². The van der Waals surface area contributed by atoms with Gasteiger partial charge in [0.2, 0.25) is 11.7 Å². The summed E-state index contributed by atoms with van der Waals surface area (Å²) < 4.78 is 21.4. The van der Waals surface area contributed by atoms with Crippen molar-refractivity contribution >= 4 is 29.8 Å². The Morgan fingerprint density at radius 3 is 1.80 bits per heavy atom. The van der Waals surface area contributed by atoms with Crippen LogP contribution in [0.2, 0.25) is 0 Å². The van der Waals surface area contributed by atoms with E-state index in [1.807, 2.05) is 6.08 Å². The zero-order chi connectivity index (χ0) is 25.4. The number of phenolic OH excluding ortho intramolecular Hbond substituents is 2. The van der Waals surface area contributed by atoms with E-state index in [0.717, 1.165) is 11.1 Å². The summed E-state index contributed by atoms with van der Waals surface area (Å²) in [5.41, 5.74) is 2.39. The van der Waals surface area contributed by atoms with Crippen LogP contribution in [0.4, 0.5) is 5.69 Å². The van der Waals surface area contributed by atoms with E-state index >= 15 is 0 Å². The normalized spacial score (nSPS) is 11.0. The Labute approximate surface area is 203 Å². The molecule has 1 amide bonds. The summed E-state index contributed by atoms with van der Waals surface area (Å²) in [6.45, 7) is 0. The first-order valence-corrected chi connectivity index (χ1v) is 10.6. The van der Waals surface area contributed by atoms with E-state index < -0.39 is 5.91 Å². The summed E-state index contributed by atoms with van der Waals surface area (Å²) in [5.74, 6) is 1.23. The molecule has 0 aliphatic heterocycles. The fourth-order valence-corrected chi connectivity index (χ4v) is 3.30. The lowest BCUT2D eigenvalue weighted by Gasteiger charge is -2.13. The molecule has 0 aromatic heterocycles. The van der Waals surface area contributed by atoms with Crippen LogP contribution in [0.5, 0.6) is 34.5 Å². The van der Waals surface area contributed by atoms with Crippen molar-refractivity contribution in [3.63, 3.8) is 0 Å². The summed E-state index contributed by atoms with van der Waals surface area (Å²) in [6, 6.07) is 13.3. The molecular weight excluding hydrogens is 450 g/mol. The van der Waals surface area contributed by atoms with Crippen molar-refractivity contribution in [3.8, 4) is 34.5 Å². The van der Waals surface area contributed by atoms with E-state index in [4.69, 9.17) is 18.9 Å². The number of hydrogen-bond acceptors (Lipinski definition) is 7. The van der Waals surface area contributed by atoms with Crippen molar-refractivity contribution < 1.29 is 34.0 Å². The number of phenols is 2. The maximum Gasteiger partial charge on any atom is 0.248 e. The molecule has 0 heterocycles. The van der Waals surface area contributed by atoms with Gasteiger partial charge in [-0.2, -0.15) is 0 Å². The second-order valence-electron chi connectivity index (χ2n) is 7.33. The van der Waals surface area contributed by atoms with E-state index in [2.05, 4.69) is 5.32 Å². The van der Waals surface area contributed by atoms with Crippen LogP contribution >= 0.6 is 0 Å². The van der Waals surface area contributed by atoms with Crippen molar-refractivity contribution in [1.29, 1.82) is 0 Å². The van der Waals surface area contributed by atoms with Gasteiger partial charge >= 0.3 is 0 Å². The molecule has 3 N–H and O–H groups in total. The maximum atomic E-state index is 12.4. The minimum Gasteiger partial charge on any atom is -0.508 e. The van der Waals surface area contributed by atoms with Crippen LogP contribution in [0.25, 0.3) is 18.2 Å². The van der Waals surface area contributed by atoms with E-state index in [0.29, 0.717) is 22.8 Å². The monoisotopic (exact) mass is 477 g/mol. The lowest BCUT2D eigenvalue weighted by Crippen LogP contribution is -2.08. The van der Waals surface area contributed by atoms with E-state index in [1.54, 1.807) is 62.8 Å². The first-order chi connectivity index (χ1) is 16.9. The van der Waals surface area contributed by atoms with Crippen molar-refractivity contribution in [2.45, 2.75) is 0 Å². The van der Waals surface area contributed by atoms with Gasteiger partial charge in [-0.25, -0.2) is 0 Å². The van der Waals surface area contributed by atoms with Gasteiger partial charge in [-0.1, -0.05) is 24.3 Å². The first kappa shape index (κ1) is 25.0. The lowest BCUT2D eigenvalue weighted by molar-refractivity contribution is -0.111. The maximum absolute atomic E-state index is 12.4. The van der Waals surface area contributed by atoms with Gasteiger partial charge in [0.25, 0.3) is 0 Å². The van der Waals surface area contributed by atoms with E-state index in [-0.39, 0.29) is 22.9 Å². The Balaban J connectivity index is 1.86. The number of benzene rings is 3. The number of aromatic hydroxyl groups is 2. The summed E-state index contributed by atoms with van der Waals surface area (Å²) in [5, 5.41) is 22.5. The highest BCUT2D eigenvalue weighted by Crippen LogP contribution is 2.39. The number of carbonyl (C=O) groups is 1. The van der Waals surface area contributed by atoms with Gasteiger partial charge in [0.15, 0.2) is 23.0 Å². The number of anilines is 1. The number of amides is 1. The third-order valence-corrected chi connectivity index (χ3v) is 5.05. The van der Waals surface area contributed by atoms with Crippen LogP contribution in [0.15, 0.2) is 54.6 Å². The summed E-state index contributed by atoms with van der Waals surface area (Å²) >= 11 is 0. The number of rotatable bonds is 9. The zero-order valence-electron chi connectivity index (χ0n) is 19.9. The molecule has 0 unspecified atom stereocenters. The molecule has 8 nitrogen and oxygen atoms in total. The fourth-order valence-electron chi connectivity index (χ4n) is 3.30. The van der Waals surface area contributed by atoms with Crippen LogP contribution in [0.1, 0.15) is 16.7 Å². The third-order valence-electron chi connectivity index (χ3n) is 5.05. The number of carbonyl (C=O) groups excluding carboxylic acids is 1. The van der Waals surface area contributed by atoms with Crippen LogP contribution in [0, 0.1) is 0 Å². The highest BCUT2D eigenvalue weighted by Gasteiger charge is 2.13.